The summed E-state index contributed by atoms with van der Waals surface area (Å²) in [5, 5.41) is 0.442. The number of rotatable bonds is 2. The summed E-state index contributed by atoms with van der Waals surface area (Å²) in [4.78, 5) is 11.4. The summed E-state index contributed by atoms with van der Waals surface area (Å²) in [6.45, 7) is 0. The molecule has 3 heteroatoms. The number of carbonyl (C=O) groups is 1. The molecule has 1 saturated carbocycles. The van der Waals surface area contributed by atoms with Gasteiger partial charge in [-0.25, -0.2) is 0 Å². The van der Waals surface area contributed by atoms with Gasteiger partial charge in [0, 0.05) is 0 Å². The number of halogens is 1. The van der Waals surface area contributed by atoms with Gasteiger partial charge in [-0.1, -0.05) is 28.8 Å². The molecular formula is C10H15BrO2. The molecule has 3 unspecified atom stereocenters. The Hall–Kier alpha value is 0.110. The highest BCUT2D eigenvalue weighted by molar-refractivity contribution is 9.09. The molecule has 2 nitrogen and oxygen atoms in total. The van der Waals surface area contributed by atoms with Crippen LogP contribution in [0.25, 0.3) is 0 Å². The van der Waals surface area contributed by atoms with Crippen LogP contribution in [-0.2, 0) is 9.53 Å². The largest absolute Gasteiger partial charge is 0.367 e. The number of hydrogen-bond acceptors (Lipinski definition) is 2. The zero-order chi connectivity index (χ0) is 9.26. The van der Waals surface area contributed by atoms with Crippen molar-refractivity contribution in [1.29, 1.82) is 0 Å². The van der Waals surface area contributed by atoms with Gasteiger partial charge in [-0.3, -0.25) is 4.79 Å². The van der Waals surface area contributed by atoms with Crippen LogP contribution in [0, 0.1) is 5.92 Å². The van der Waals surface area contributed by atoms with E-state index in [1.54, 1.807) is 0 Å². The van der Waals surface area contributed by atoms with Crippen LogP contribution in [0.2, 0.25) is 0 Å². The van der Waals surface area contributed by atoms with Gasteiger partial charge in [-0.15, -0.1) is 0 Å². The summed E-state index contributed by atoms with van der Waals surface area (Å²) in [5.41, 5.74) is 0. The SMILES string of the molecule is O=C(CBr)C1CC2CCCCC2O1. The molecule has 74 valence electrons. The average Bonchev–Trinajstić information content (AvgIpc) is 2.59. The molecule has 2 fully saturated rings. The van der Waals surface area contributed by atoms with Crippen molar-refractivity contribution in [3.05, 3.63) is 0 Å². The fourth-order valence-electron chi connectivity index (χ4n) is 2.46. The minimum Gasteiger partial charge on any atom is -0.367 e. The highest BCUT2D eigenvalue weighted by Gasteiger charge is 2.38. The van der Waals surface area contributed by atoms with Crippen molar-refractivity contribution in [3.8, 4) is 0 Å². The molecule has 1 saturated heterocycles. The molecule has 2 rings (SSSR count). The molecule has 3 atom stereocenters. The summed E-state index contributed by atoms with van der Waals surface area (Å²) < 4.78 is 5.74. The highest BCUT2D eigenvalue weighted by Crippen LogP contribution is 2.37. The Bertz CT molecular complexity index is 191. The second-order valence-corrected chi connectivity index (χ2v) is 4.60. The maximum atomic E-state index is 11.4. The third kappa shape index (κ3) is 1.96. The molecular weight excluding hydrogens is 232 g/mol. The third-order valence-electron chi connectivity index (χ3n) is 3.19. The Morgan fingerprint density at radius 2 is 2.15 bits per heavy atom. The van der Waals surface area contributed by atoms with Gasteiger partial charge < -0.3 is 4.74 Å². The van der Waals surface area contributed by atoms with E-state index in [2.05, 4.69) is 15.9 Å². The smallest absolute Gasteiger partial charge is 0.172 e. The van der Waals surface area contributed by atoms with Crippen LogP contribution < -0.4 is 0 Å². The van der Waals surface area contributed by atoms with E-state index in [1.165, 1.54) is 19.3 Å². The molecule has 13 heavy (non-hydrogen) atoms. The first kappa shape index (κ1) is 9.66. The fraction of sp³-hybridized carbons (Fsp3) is 0.900. The van der Waals surface area contributed by atoms with E-state index in [0.29, 0.717) is 17.4 Å². The minimum absolute atomic E-state index is 0.104. The molecule has 0 radical (unpaired) electrons. The van der Waals surface area contributed by atoms with E-state index in [4.69, 9.17) is 4.74 Å². The summed E-state index contributed by atoms with van der Waals surface area (Å²) in [5.74, 6) is 0.885. The van der Waals surface area contributed by atoms with Crippen LogP contribution in [-0.4, -0.2) is 23.3 Å². The van der Waals surface area contributed by atoms with Crippen LogP contribution in [0.3, 0.4) is 0 Å². The Morgan fingerprint density at radius 3 is 2.85 bits per heavy atom. The lowest BCUT2D eigenvalue weighted by Crippen LogP contribution is -2.23. The van der Waals surface area contributed by atoms with Gasteiger partial charge >= 0.3 is 0 Å². The monoisotopic (exact) mass is 246 g/mol. The van der Waals surface area contributed by atoms with E-state index in [9.17, 15) is 4.79 Å². The lowest BCUT2D eigenvalue weighted by molar-refractivity contribution is -0.127. The summed E-state index contributed by atoms with van der Waals surface area (Å²) >= 11 is 3.19. The Kier molecular flexibility index (Phi) is 3.04. The van der Waals surface area contributed by atoms with Crippen LogP contribution in [0.5, 0.6) is 0 Å². The van der Waals surface area contributed by atoms with Crippen molar-refractivity contribution in [2.24, 2.45) is 5.92 Å². The van der Waals surface area contributed by atoms with Gasteiger partial charge in [0.25, 0.3) is 0 Å². The van der Waals surface area contributed by atoms with E-state index in [-0.39, 0.29) is 11.9 Å². The van der Waals surface area contributed by atoms with E-state index < -0.39 is 0 Å². The minimum atomic E-state index is -0.104. The number of hydrogen-bond donors (Lipinski definition) is 0. The number of alkyl halides is 1. The van der Waals surface area contributed by atoms with Crippen LogP contribution in [0.4, 0.5) is 0 Å². The van der Waals surface area contributed by atoms with Gasteiger partial charge in [0.05, 0.1) is 11.4 Å². The zero-order valence-corrected chi connectivity index (χ0v) is 9.26. The van der Waals surface area contributed by atoms with Crippen molar-refractivity contribution >= 4 is 21.7 Å². The fourth-order valence-corrected chi connectivity index (χ4v) is 2.82. The first-order chi connectivity index (χ1) is 6.31. The molecule has 0 bridgehead atoms. The Balaban J connectivity index is 1.94. The average molecular weight is 247 g/mol. The van der Waals surface area contributed by atoms with Crippen LogP contribution in [0.1, 0.15) is 32.1 Å². The standard InChI is InChI=1S/C10H15BrO2/c11-6-8(12)10-5-7-3-1-2-4-9(7)13-10/h7,9-10H,1-6H2. The predicted molar refractivity (Wildman–Crippen MR) is 54.0 cm³/mol. The van der Waals surface area contributed by atoms with E-state index in [1.807, 2.05) is 0 Å². The number of ketones is 1. The molecule has 0 N–H and O–H groups in total. The zero-order valence-electron chi connectivity index (χ0n) is 7.67. The second kappa shape index (κ2) is 4.09. The second-order valence-electron chi connectivity index (χ2n) is 4.04. The molecule has 1 aliphatic heterocycles. The number of Topliss-reactive ketones (excluding diaryl/α,β-unsaturated/α-hetero) is 1. The molecule has 1 heterocycles. The van der Waals surface area contributed by atoms with Crippen molar-refractivity contribution < 1.29 is 9.53 Å². The predicted octanol–water partition coefficient (Wildman–Crippen LogP) is 2.30. The molecule has 0 spiro atoms. The van der Waals surface area contributed by atoms with Crippen LogP contribution >= 0.6 is 15.9 Å². The quantitative estimate of drug-likeness (QED) is 0.700. The van der Waals surface area contributed by atoms with Gasteiger partial charge in [0.2, 0.25) is 0 Å². The maximum Gasteiger partial charge on any atom is 0.172 e. The number of carbonyl (C=O) groups excluding carboxylic acids is 1. The number of fused-ring (bicyclic) bond motifs is 1. The van der Waals surface area contributed by atoms with Gasteiger partial charge in [-0.05, 0) is 25.2 Å². The summed E-state index contributed by atoms with van der Waals surface area (Å²) in [6, 6.07) is 0. The van der Waals surface area contributed by atoms with Crippen molar-refractivity contribution in [2.75, 3.05) is 5.33 Å². The normalized spacial score (nSPS) is 38.7. The molecule has 0 aromatic carbocycles. The van der Waals surface area contributed by atoms with Gasteiger partial charge in [0.15, 0.2) is 5.78 Å². The van der Waals surface area contributed by atoms with Crippen molar-refractivity contribution in [1.82, 2.24) is 0 Å². The third-order valence-corrected chi connectivity index (χ3v) is 3.74. The molecule has 0 aromatic heterocycles. The van der Waals surface area contributed by atoms with E-state index in [0.717, 1.165) is 12.8 Å². The summed E-state index contributed by atoms with van der Waals surface area (Å²) in [6.07, 6.45) is 6.27. The lowest BCUT2D eigenvalue weighted by atomic mass is 9.85. The van der Waals surface area contributed by atoms with Crippen molar-refractivity contribution in [3.63, 3.8) is 0 Å². The first-order valence-corrected chi connectivity index (χ1v) is 6.17. The van der Waals surface area contributed by atoms with E-state index >= 15 is 0 Å². The first-order valence-electron chi connectivity index (χ1n) is 5.05. The van der Waals surface area contributed by atoms with Gasteiger partial charge in [0.1, 0.15) is 6.10 Å². The Morgan fingerprint density at radius 1 is 1.38 bits per heavy atom. The Labute approximate surface area is 87.2 Å². The lowest BCUT2D eigenvalue weighted by Gasteiger charge is -2.22. The molecule has 0 amide bonds. The molecule has 2 aliphatic rings. The number of ether oxygens (including phenoxy) is 1. The molecule has 1 aliphatic carbocycles. The maximum absolute atomic E-state index is 11.4. The topological polar surface area (TPSA) is 26.3 Å². The molecule has 0 aromatic rings. The van der Waals surface area contributed by atoms with Crippen LogP contribution in [0.15, 0.2) is 0 Å². The highest BCUT2D eigenvalue weighted by atomic mass is 79.9. The van der Waals surface area contributed by atoms with Crippen molar-refractivity contribution in [2.45, 2.75) is 44.3 Å². The van der Waals surface area contributed by atoms with Gasteiger partial charge in [-0.2, -0.15) is 0 Å². The summed E-state index contributed by atoms with van der Waals surface area (Å²) in [7, 11) is 0.